The van der Waals surface area contributed by atoms with Gasteiger partial charge in [0, 0.05) is 11.3 Å². The first-order valence-electron chi connectivity index (χ1n) is 4.14. The van der Waals surface area contributed by atoms with E-state index in [9.17, 15) is 9.59 Å². The van der Waals surface area contributed by atoms with Gasteiger partial charge in [0.05, 0.1) is 5.92 Å². The average Bonchev–Trinajstić information content (AvgIpc) is 2.13. The molecular weight excluding hydrogens is 156 g/mol. The van der Waals surface area contributed by atoms with E-state index in [1.807, 2.05) is 0 Å². The van der Waals surface area contributed by atoms with Crippen molar-refractivity contribution in [1.82, 2.24) is 0 Å². The highest BCUT2D eigenvalue weighted by molar-refractivity contribution is 5.93. The van der Waals surface area contributed by atoms with Crippen molar-refractivity contribution in [3.63, 3.8) is 0 Å². The molecule has 0 heterocycles. The number of hydrogen-bond donors (Lipinski definition) is 1. The number of Topliss-reactive ketones (excluding diaryl/α,β-unsaturated/α-hetero) is 1. The van der Waals surface area contributed by atoms with Gasteiger partial charge in [0.2, 0.25) is 0 Å². The normalized spacial score (nSPS) is 33.8. The molecule has 2 atom stereocenters. The van der Waals surface area contributed by atoms with Gasteiger partial charge in [-0.25, -0.2) is 0 Å². The quantitative estimate of drug-likeness (QED) is 0.645. The van der Waals surface area contributed by atoms with E-state index in [1.54, 1.807) is 20.8 Å². The lowest BCUT2D eigenvalue weighted by Crippen LogP contribution is -2.31. The Kier molecular flexibility index (Phi) is 1.98. The summed E-state index contributed by atoms with van der Waals surface area (Å²) < 4.78 is 0. The summed E-state index contributed by atoms with van der Waals surface area (Å²) in [6, 6.07) is 0. The van der Waals surface area contributed by atoms with Gasteiger partial charge in [0.15, 0.2) is 0 Å². The Hall–Kier alpha value is -0.860. The molecule has 3 nitrogen and oxygen atoms in total. The molecule has 0 amide bonds. The monoisotopic (exact) mass is 170 g/mol. The summed E-state index contributed by atoms with van der Waals surface area (Å²) in [5, 5.41) is 8.83. The van der Waals surface area contributed by atoms with E-state index in [0.717, 1.165) is 0 Å². The maximum absolute atomic E-state index is 11.5. The molecule has 0 saturated heterocycles. The predicted octanol–water partition coefficient (Wildman–Crippen LogP) is 1.32. The third kappa shape index (κ3) is 1.13. The Labute approximate surface area is 71.8 Å². The van der Waals surface area contributed by atoms with Gasteiger partial charge in [-0.15, -0.1) is 0 Å². The number of ketones is 1. The predicted molar refractivity (Wildman–Crippen MR) is 43.7 cm³/mol. The average molecular weight is 170 g/mol. The maximum Gasteiger partial charge on any atom is 0.307 e. The van der Waals surface area contributed by atoms with Crippen LogP contribution in [0.5, 0.6) is 0 Å². The Morgan fingerprint density at radius 2 is 2.08 bits per heavy atom. The number of hydrogen-bond acceptors (Lipinski definition) is 2. The summed E-state index contributed by atoms with van der Waals surface area (Å²) in [6.45, 7) is 5.24. The number of carbonyl (C=O) groups is 2. The number of carboxylic acid groups (broad SMARTS) is 1. The number of rotatable bonds is 1. The van der Waals surface area contributed by atoms with Crippen molar-refractivity contribution in [1.29, 1.82) is 0 Å². The van der Waals surface area contributed by atoms with Gasteiger partial charge in [0.25, 0.3) is 0 Å². The minimum atomic E-state index is -0.849. The largest absolute Gasteiger partial charge is 0.481 e. The van der Waals surface area contributed by atoms with Crippen molar-refractivity contribution < 1.29 is 14.7 Å². The lowest BCUT2D eigenvalue weighted by Gasteiger charge is -2.21. The topological polar surface area (TPSA) is 54.4 Å². The Morgan fingerprint density at radius 1 is 1.58 bits per heavy atom. The van der Waals surface area contributed by atoms with Gasteiger partial charge < -0.3 is 5.11 Å². The molecule has 1 aliphatic carbocycles. The van der Waals surface area contributed by atoms with Crippen LogP contribution in [0.4, 0.5) is 0 Å². The fraction of sp³-hybridized carbons (Fsp3) is 0.778. The first-order valence-corrected chi connectivity index (χ1v) is 4.14. The van der Waals surface area contributed by atoms with Crippen LogP contribution < -0.4 is 0 Å². The lowest BCUT2D eigenvalue weighted by atomic mass is 9.81. The van der Waals surface area contributed by atoms with E-state index in [2.05, 4.69) is 0 Å². The minimum absolute atomic E-state index is 0.0786. The van der Waals surface area contributed by atoms with Crippen molar-refractivity contribution in [2.24, 2.45) is 17.3 Å². The third-order valence-electron chi connectivity index (χ3n) is 2.84. The van der Waals surface area contributed by atoms with Crippen LogP contribution in [0.3, 0.4) is 0 Å². The minimum Gasteiger partial charge on any atom is -0.481 e. The van der Waals surface area contributed by atoms with Crippen molar-refractivity contribution in [2.45, 2.75) is 27.2 Å². The van der Waals surface area contributed by atoms with Crippen molar-refractivity contribution in [3.8, 4) is 0 Å². The zero-order valence-electron chi connectivity index (χ0n) is 7.63. The summed E-state index contributed by atoms with van der Waals surface area (Å²) in [6.07, 6.45) is 0.487. The zero-order valence-corrected chi connectivity index (χ0v) is 7.63. The standard InChI is InChI=1S/C9H14O3/c1-5-4-6(8(11)12)9(2,3)7(5)10/h5-6H,4H2,1-3H3,(H,11,12)/t5-,6+/m1/s1. The second-order valence-electron chi connectivity index (χ2n) is 4.11. The van der Waals surface area contributed by atoms with E-state index < -0.39 is 17.3 Å². The molecule has 1 N–H and O–H groups in total. The fourth-order valence-corrected chi connectivity index (χ4v) is 1.97. The first-order chi connectivity index (χ1) is 5.37. The number of aliphatic carboxylic acids is 1. The molecular formula is C9H14O3. The molecule has 3 heteroatoms. The molecule has 68 valence electrons. The van der Waals surface area contributed by atoms with Crippen molar-refractivity contribution in [3.05, 3.63) is 0 Å². The molecule has 0 radical (unpaired) electrons. The third-order valence-corrected chi connectivity index (χ3v) is 2.84. The van der Waals surface area contributed by atoms with E-state index in [0.29, 0.717) is 6.42 Å². The maximum atomic E-state index is 11.5. The second-order valence-corrected chi connectivity index (χ2v) is 4.11. The molecule has 1 rings (SSSR count). The Morgan fingerprint density at radius 3 is 2.25 bits per heavy atom. The molecule has 12 heavy (non-hydrogen) atoms. The first kappa shape index (κ1) is 9.23. The summed E-state index contributed by atoms with van der Waals surface area (Å²) in [5.74, 6) is -1.37. The second kappa shape index (κ2) is 2.57. The summed E-state index contributed by atoms with van der Waals surface area (Å²) >= 11 is 0. The van der Waals surface area contributed by atoms with Crippen LogP contribution in [0.1, 0.15) is 27.2 Å². The Balaban J connectivity index is 2.95. The molecule has 0 aromatic carbocycles. The van der Waals surface area contributed by atoms with Crippen LogP contribution in [0.25, 0.3) is 0 Å². The van der Waals surface area contributed by atoms with Gasteiger partial charge in [-0.3, -0.25) is 9.59 Å². The van der Waals surface area contributed by atoms with Gasteiger partial charge in [-0.05, 0) is 6.42 Å². The lowest BCUT2D eigenvalue weighted by molar-refractivity contribution is -0.147. The van der Waals surface area contributed by atoms with Crippen LogP contribution in [-0.2, 0) is 9.59 Å². The number of carboxylic acids is 1. The fourth-order valence-electron chi connectivity index (χ4n) is 1.97. The number of carbonyl (C=O) groups excluding carboxylic acids is 1. The van der Waals surface area contributed by atoms with Crippen LogP contribution in [0.15, 0.2) is 0 Å². The highest BCUT2D eigenvalue weighted by Crippen LogP contribution is 2.42. The van der Waals surface area contributed by atoms with Crippen LogP contribution in [-0.4, -0.2) is 16.9 Å². The summed E-state index contributed by atoms with van der Waals surface area (Å²) in [4.78, 5) is 22.2. The molecule has 0 aliphatic heterocycles. The van der Waals surface area contributed by atoms with Crippen molar-refractivity contribution >= 4 is 11.8 Å². The van der Waals surface area contributed by atoms with E-state index >= 15 is 0 Å². The molecule has 0 aromatic rings. The highest BCUT2D eigenvalue weighted by atomic mass is 16.4. The van der Waals surface area contributed by atoms with Crippen LogP contribution in [0.2, 0.25) is 0 Å². The van der Waals surface area contributed by atoms with E-state index in [4.69, 9.17) is 5.11 Å². The molecule has 0 bridgehead atoms. The van der Waals surface area contributed by atoms with Gasteiger partial charge in [-0.2, -0.15) is 0 Å². The van der Waals surface area contributed by atoms with Gasteiger partial charge >= 0.3 is 5.97 Å². The van der Waals surface area contributed by atoms with E-state index in [1.165, 1.54) is 0 Å². The highest BCUT2D eigenvalue weighted by Gasteiger charge is 2.49. The molecule has 0 unspecified atom stereocenters. The molecule has 1 aliphatic rings. The Bertz CT molecular complexity index is 230. The van der Waals surface area contributed by atoms with Crippen LogP contribution >= 0.6 is 0 Å². The van der Waals surface area contributed by atoms with Crippen molar-refractivity contribution in [2.75, 3.05) is 0 Å². The zero-order chi connectivity index (χ0) is 9.52. The van der Waals surface area contributed by atoms with Gasteiger partial charge in [0.1, 0.15) is 5.78 Å². The smallest absolute Gasteiger partial charge is 0.307 e. The van der Waals surface area contributed by atoms with Gasteiger partial charge in [-0.1, -0.05) is 20.8 Å². The summed E-state index contributed by atoms with van der Waals surface area (Å²) in [5.41, 5.74) is -0.675. The summed E-state index contributed by atoms with van der Waals surface area (Å²) in [7, 11) is 0. The van der Waals surface area contributed by atoms with E-state index in [-0.39, 0.29) is 11.7 Å². The SMILES string of the molecule is C[C@@H]1C[C@@H](C(=O)O)C(C)(C)C1=O. The molecule has 1 fully saturated rings. The molecule has 0 aromatic heterocycles. The molecule has 1 saturated carbocycles. The molecule has 0 spiro atoms. The van der Waals surface area contributed by atoms with Crippen LogP contribution in [0, 0.1) is 17.3 Å².